The van der Waals surface area contributed by atoms with Gasteiger partial charge in [0, 0.05) is 5.92 Å². The topological polar surface area (TPSA) is 37.3 Å². The van der Waals surface area contributed by atoms with Crippen molar-refractivity contribution in [1.82, 2.24) is 0 Å². The average Bonchev–Trinajstić information content (AvgIpc) is 2.28. The number of aliphatic carboxylic acids is 1. The molecule has 0 aromatic heterocycles. The van der Waals surface area contributed by atoms with E-state index in [2.05, 4.69) is 0 Å². The lowest BCUT2D eigenvalue weighted by Gasteiger charge is -2.35. The molecular formula is C14H17FO2. The fourth-order valence-electron chi connectivity index (χ4n) is 2.70. The Balaban J connectivity index is 2.51. The summed E-state index contributed by atoms with van der Waals surface area (Å²) >= 11 is 0. The van der Waals surface area contributed by atoms with Gasteiger partial charge in [0.2, 0.25) is 0 Å². The summed E-state index contributed by atoms with van der Waals surface area (Å²) in [6.45, 7) is 3.36. The van der Waals surface area contributed by atoms with Crippen molar-refractivity contribution in [3.8, 4) is 0 Å². The minimum atomic E-state index is -0.919. The molecule has 3 heteroatoms. The van der Waals surface area contributed by atoms with E-state index in [1.165, 1.54) is 6.07 Å². The zero-order valence-corrected chi connectivity index (χ0v) is 10.2. The molecular weight excluding hydrogens is 219 g/mol. The molecule has 1 aliphatic carbocycles. The molecule has 0 saturated carbocycles. The van der Waals surface area contributed by atoms with Crippen molar-refractivity contribution < 1.29 is 14.3 Å². The quantitative estimate of drug-likeness (QED) is 0.855. The first kappa shape index (κ1) is 12.1. The molecule has 0 aliphatic heterocycles. The number of aryl methyl sites for hydroxylation is 1. The molecule has 0 saturated heterocycles. The first-order valence-corrected chi connectivity index (χ1v) is 5.95. The van der Waals surface area contributed by atoms with Gasteiger partial charge < -0.3 is 5.11 Å². The molecule has 1 aromatic carbocycles. The molecule has 0 fully saturated rings. The number of hydrogen-bond donors (Lipinski definition) is 1. The molecule has 17 heavy (non-hydrogen) atoms. The second kappa shape index (κ2) is 4.13. The van der Waals surface area contributed by atoms with E-state index in [1.807, 2.05) is 6.07 Å². The summed E-state index contributed by atoms with van der Waals surface area (Å²) in [4.78, 5) is 11.3. The van der Waals surface area contributed by atoms with Crippen LogP contribution in [0.3, 0.4) is 0 Å². The minimum Gasteiger partial charge on any atom is -0.481 e. The van der Waals surface area contributed by atoms with Crippen LogP contribution in [-0.4, -0.2) is 11.1 Å². The molecule has 1 aromatic rings. The zero-order chi connectivity index (χ0) is 12.6. The molecule has 0 amide bonds. The number of benzene rings is 1. The van der Waals surface area contributed by atoms with E-state index in [9.17, 15) is 14.3 Å². The van der Waals surface area contributed by atoms with Crippen molar-refractivity contribution in [2.75, 3.05) is 0 Å². The number of carbonyl (C=O) groups is 1. The highest BCUT2D eigenvalue weighted by molar-refractivity contribution is 5.75. The lowest BCUT2D eigenvalue weighted by Crippen LogP contribution is -2.34. The molecule has 1 N–H and O–H groups in total. The van der Waals surface area contributed by atoms with Crippen molar-refractivity contribution in [3.05, 3.63) is 35.1 Å². The van der Waals surface area contributed by atoms with E-state index in [1.54, 1.807) is 19.9 Å². The second-order valence-electron chi connectivity index (χ2n) is 5.28. The lowest BCUT2D eigenvalue weighted by atomic mass is 9.68. The number of hydrogen-bond acceptors (Lipinski definition) is 1. The maximum atomic E-state index is 13.9. The van der Waals surface area contributed by atoms with E-state index in [0.29, 0.717) is 5.56 Å². The van der Waals surface area contributed by atoms with Gasteiger partial charge in [-0.15, -0.1) is 0 Å². The molecule has 1 unspecified atom stereocenters. The standard InChI is InChI=1S/C14H17FO2/c1-14(2,13(16)17)10-7-3-5-9-6-4-8-11(15)12(9)10/h4,6,8,10H,3,5,7H2,1-2H3,(H,16,17). The zero-order valence-electron chi connectivity index (χ0n) is 10.2. The van der Waals surface area contributed by atoms with Crippen LogP contribution < -0.4 is 0 Å². The van der Waals surface area contributed by atoms with Crippen LogP contribution in [0.15, 0.2) is 18.2 Å². The predicted octanol–water partition coefficient (Wildman–Crippen LogP) is 3.36. The van der Waals surface area contributed by atoms with Crippen LogP contribution in [0, 0.1) is 11.2 Å². The minimum absolute atomic E-state index is 0.232. The van der Waals surface area contributed by atoms with Crippen LogP contribution >= 0.6 is 0 Å². The Morgan fingerprint density at radius 1 is 1.47 bits per heavy atom. The van der Waals surface area contributed by atoms with E-state index in [0.717, 1.165) is 24.8 Å². The number of carboxylic acid groups (broad SMARTS) is 1. The van der Waals surface area contributed by atoms with Crippen LogP contribution in [0.5, 0.6) is 0 Å². The Labute approximate surface area is 100 Å². The van der Waals surface area contributed by atoms with Gasteiger partial charge in [-0.05, 0) is 50.3 Å². The third-order valence-electron chi connectivity index (χ3n) is 3.85. The summed E-state index contributed by atoms with van der Waals surface area (Å²) in [7, 11) is 0. The molecule has 2 rings (SSSR count). The molecule has 1 atom stereocenters. The summed E-state index contributed by atoms with van der Waals surface area (Å²) in [6, 6.07) is 5.03. The predicted molar refractivity (Wildman–Crippen MR) is 63.5 cm³/mol. The van der Waals surface area contributed by atoms with Crippen LogP contribution in [0.25, 0.3) is 0 Å². The summed E-state index contributed by atoms with van der Waals surface area (Å²) < 4.78 is 13.9. The molecule has 0 spiro atoms. The van der Waals surface area contributed by atoms with Crippen LogP contribution in [0.2, 0.25) is 0 Å². The number of fused-ring (bicyclic) bond motifs is 1. The summed E-state index contributed by atoms with van der Waals surface area (Å²) in [5.74, 6) is -1.36. The third-order valence-corrected chi connectivity index (χ3v) is 3.85. The van der Waals surface area contributed by atoms with E-state index < -0.39 is 11.4 Å². The maximum Gasteiger partial charge on any atom is 0.309 e. The van der Waals surface area contributed by atoms with Gasteiger partial charge in [-0.3, -0.25) is 4.79 Å². The number of halogens is 1. The van der Waals surface area contributed by atoms with E-state index >= 15 is 0 Å². The maximum absolute atomic E-state index is 13.9. The molecule has 0 heterocycles. The Bertz CT molecular complexity index is 452. The molecule has 0 bridgehead atoms. The van der Waals surface area contributed by atoms with E-state index in [4.69, 9.17) is 0 Å². The van der Waals surface area contributed by atoms with Crippen molar-refractivity contribution in [2.45, 2.75) is 39.0 Å². The Kier molecular flexibility index (Phi) is 2.94. The van der Waals surface area contributed by atoms with Crippen molar-refractivity contribution in [3.63, 3.8) is 0 Å². The summed E-state index contributed by atoms with van der Waals surface area (Å²) in [5, 5.41) is 9.29. The van der Waals surface area contributed by atoms with Gasteiger partial charge in [-0.25, -0.2) is 4.39 Å². The second-order valence-corrected chi connectivity index (χ2v) is 5.28. The van der Waals surface area contributed by atoms with Gasteiger partial charge in [0.1, 0.15) is 5.82 Å². The summed E-state index contributed by atoms with van der Waals surface area (Å²) in [5.41, 5.74) is 0.666. The number of carboxylic acids is 1. The summed E-state index contributed by atoms with van der Waals surface area (Å²) in [6.07, 6.45) is 2.52. The molecule has 92 valence electrons. The van der Waals surface area contributed by atoms with Crippen LogP contribution in [0.4, 0.5) is 4.39 Å². The first-order chi connectivity index (χ1) is 7.94. The smallest absolute Gasteiger partial charge is 0.309 e. The molecule has 0 radical (unpaired) electrons. The van der Waals surface area contributed by atoms with Crippen molar-refractivity contribution in [1.29, 1.82) is 0 Å². The highest BCUT2D eigenvalue weighted by Crippen LogP contribution is 2.44. The van der Waals surface area contributed by atoms with Crippen molar-refractivity contribution in [2.24, 2.45) is 5.41 Å². The third kappa shape index (κ3) is 1.94. The Morgan fingerprint density at radius 3 is 2.82 bits per heavy atom. The largest absolute Gasteiger partial charge is 0.481 e. The van der Waals surface area contributed by atoms with Gasteiger partial charge >= 0.3 is 5.97 Å². The SMILES string of the molecule is CC(C)(C(=O)O)C1CCCc2cccc(F)c21. The Hall–Kier alpha value is -1.38. The van der Waals surface area contributed by atoms with Gasteiger partial charge in [-0.2, -0.15) is 0 Å². The fourth-order valence-corrected chi connectivity index (χ4v) is 2.70. The van der Waals surface area contributed by atoms with Gasteiger partial charge in [0.05, 0.1) is 5.41 Å². The highest BCUT2D eigenvalue weighted by Gasteiger charge is 2.41. The van der Waals surface area contributed by atoms with Crippen LogP contribution in [0.1, 0.15) is 43.7 Å². The van der Waals surface area contributed by atoms with Crippen molar-refractivity contribution >= 4 is 5.97 Å². The average molecular weight is 236 g/mol. The molecule has 2 nitrogen and oxygen atoms in total. The fraction of sp³-hybridized carbons (Fsp3) is 0.500. The van der Waals surface area contributed by atoms with Gasteiger partial charge in [0.15, 0.2) is 0 Å². The normalized spacial score (nSPS) is 19.8. The highest BCUT2D eigenvalue weighted by atomic mass is 19.1. The first-order valence-electron chi connectivity index (χ1n) is 5.95. The van der Waals surface area contributed by atoms with Gasteiger partial charge in [-0.1, -0.05) is 12.1 Å². The van der Waals surface area contributed by atoms with E-state index in [-0.39, 0.29) is 11.7 Å². The van der Waals surface area contributed by atoms with Crippen LogP contribution in [-0.2, 0) is 11.2 Å². The van der Waals surface area contributed by atoms with Gasteiger partial charge in [0.25, 0.3) is 0 Å². The Morgan fingerprint density at radius 2 is 2.18 bits per heavy atom. The molecule has 1 aliphatic rings. The lowest BCUT2D eigenvalue weighted by molar-refractivity contribution is -0.148. The number of rotatable bonds is 2. The monoisotopic (exact) mass is 236 g/mol.